The minimum Gasteiger partial charge on any atom is -0.383 e. The Balaban J connectivity index is 1.74. The second kappa shape index (κ2) is 7.60. The van der Waals surface area contributed by atoms with Crippen molar-refractivity contribution in [1.29, 1.82) is 0 Å². The first-order chi connectivity index (χ1) is 12.0. The number of carbonyl (C=O) groups excluding carboxylic acids is 1. The highest BCUT2D eigenvalue weighted by Gasteiger charge is 2.26. The molecule has 1 amide bonds. The number of hydrogen-bond donors (Lipinski definition) is 2. The van der Waals surface area contributed by atoms with E-state index in [0.29, 0.717) is 5.56 Å². The molecule has 2 aromatic carbocycles. The fourth-order valence-corrected chi connectivity index (χ4v) is 4.53. The molecule has 5 heteroatoms. The van der Waals surface area contributed by atoms with Gasteiger partial charge >= 0.3 is 0 Å². The quantitative estimate of drug-likeness (QED) is 0.620. The van der Waals surface area contributed by atoms with Crippen LogP contribution in [-0.2, 0) is 5.60 Å². The van der Waals surface area contributed by atoms with Crippen molar-refractivity contribution < 1.29 is 9.90 Å². The van der Waals surface area contributed by atoms with E-state index in [1.807, 2.05) is 54.6 Å². The second-order valence-corrected chi connectivity index (χ2v) is 8.42. The van der Waals surface area contributed by atoms with E-state index in [2.05, 4.69) is 12.2 Å². The second-order valence-electron chi connectivity index (χ2n) is 6.03. The lowest BCUT2D eigenvalue weighted by Gasteiger charge is -2.22. The predicted molar refractivity (Wildman–Crippen MR) is 107 cm³/mol. The fraction of sp³-hybridized carbons (Fsp3) is 0.250. The highest BCUT2D eigenvalue weighted by atomic mass is 32.2. The third-order valence-electron chi connectivity index (χ3n) is 3.98. The first-order valence-electron chi connectivity index (χ1n) is 8.23. The van der Waals surface area contributed by atoms with Crippen LogP contribution < -0.4 is 5.32 Å². The summed E-state index contributed by atoms with van der Waals surface area (Å²) in [5.41, 5.74) is -0.451. The molecule has 25 heavy (non-hydrogen) atoms. The number of fused-ring (bicyclic) bond motifs is 1. The van der Waals surface area contributed by atoms with Crippen LogP contribution in [0, 0.1) is 0 Å². The van der Waals surface area contributed by atoms with Gasteiger partial charge in [-0.1, -0.05) is 37.3 Å². The van der Waals surface area contributed by atoms with Crippen LogP contribution in [-0.4, -0.2) is 23.3 Å². The molecule has 0 spiro atoms. The van der Waals surface area contributed by atoms with Gasteiger partial charge < -0.3 is 10.4 Å². The molecule has 0 saturated carbocycles. The first kappa shape index (κ1) is 18.0. The van der Waals surface area contributed by atoms with Crippen LogP contribution in [0.3, 0.4) is 0 Å². The number of amides is 1. The Morgan fingerprint density at radius 3 is 2.68 bits per heavy atom. The topological polar surface area (TPSA) is 49.3 Å². The van der Waals surface area contributed by atoms with Crippen molar-refractivity contribution in [2.24, 2.45) is 0 Å². The molecule has 1 heterocycles. The van der Waals surface area contributed by atoms with Crippen LogP contribution in [0.2, 0.25) is 0 Å². The van der Waals surface area contributed by atoms with Crippen LogP contribution in [0.15, 0.2) is 59.5 Å². The summed E-state index contributed by atoms with van der Waals surface area (Å²) in [5.74, 6) is 0.752. The van der Waals surface area contributed by atoms with Gasteiger partial charge in [0.05, 0.1) is 12.1 Å². The van der Waals surface area contributed by atoms with Crippen LogP contribution >= 0.6 is 23.1 Å². The van der Waals surface area contributed by atoms with E-state index < -0.39 is 5.60 Å². The zero-order valence-corrected chi connectivity index (χ0v) is 15.9. The largest absolute Gasteiger partial charge is 0.383 e. The van der Waals surface area contributed by atoms with Crippen molar-refractivity contribution >= 4 is 39.1 Å². The third-order valence-corrected chi connectivity index (χ3v) is 6.31. The minimum absolute atomic E-state index is 0.155. The molecule has 3 aromatic rings. The van der Waals surface area contributed by atoms with Crippen molar-refractivity contribution in [2.45, 2.75) is 24.3 Å². The molecule has 0 aliphatic heterocycles. The lowest BCUT2D eigenvalue weighted by molar-refractivity contribution is 0.0556. The van der Waals surface area contributed by atoms with Gasteiger partial charge in [-0.2, -0.15) is 0 Å². The van der Waals surface area contributed by atoms with Gasteiger partial charge in [0.15, 0.2) is 0 Å². The van der Waals surface area contributed by atoms with E-state index in [0.717, 1.165) is 25.6 Å². The Labute approximate surface area is 156 Å². The Kier molecular flexibility index (Phi) is 5.47. The smallest absolute Gasteiger partial charge is 0.252 e. The van der Waals surface area contributed by atoms with Crippen molar-refractivity contribution in [3.05, 3.63) is 65.0 Å². The maximum absolute atomic E-state index is 12.6. The average Bonchev–Trinajstić information content (AvgIpc) is 3.06. The Bertz CT molecular complexity index is 853. The molecule has 0 unspecified atom stereocenters. The van der Waals surface area contributed by atoms with Gasteiger partial charge in [-0.15, -0.1) is 23.1 Å². The van der Waals surface area contributed by atoms with Crippen molar-refractivity contribution in [3.8, 4) is 0 Å². The van der Waals surface area contributed by atoms with Gasteiger partial charge in [-0.05, 0) is 42.3 Å². The van der Waals surface area contributed by atoms with E-state index in [1.165, 1.54) is 0 Å². The number of carbonyl (C=O) groups is 1. The lowest BCUT2D eigenvalue weighted by atomic mass is 10.0. The number of aliphatic hydroxyl groups is 1. The van der Waals surface area contributed by atoms with Crippen LogP contribution in [0.25, 0.3) is 10.1 Å². The fourth-order valence-electron chi connectivity index (χ4n) is 2.62. The van der Waals surface area contributed by atoms with Crippen LogP contribution in [0.1, 0.15) is 29.1 Å². The van der Waals surface area contributed by atoms with E-state index in [1.54, 1.807) is 30.0 Å². The summed E-state index contributed by atoms with van der Waals surface area (Å²) in [6.45, 7) is 3.97. The summed E-state index contributed by atoms with van der Waals surface area (Å²) in [6, 6.07) is 17.6. The van der Waals surface area contributed by atoms with E-state index >= 15 is 0 Å². The van der Waals surface area contributed by atoms with Crippen molar-refractivity contribution in [1.82, 2.24) is 5.32 Å². The lowest BCUT2D eigenvalue weighted by Crippen LogP contribution is -2.38. The van der Waals surface area contributed by atoms with E-state index in [4.69, 9.17) is 0 Å². The molecule has 0 bridgehead atoms. The summed E-state index contributed by atoms with van der Waals surface area (Å²) in [5, 5.41) is 14.8. The van der Waals surface area contributed by atoms with Gasteiger partial charge in [-0.3, -0.25) is 4.79 Å². The van der Waals surface area contributed by atoms with Gasteiger partial charge in [0.25, 0.3) is 5.91 Å². The van der Waals surface area contributed by atoms with Crippen LogP contribution in [0.5, 0.6) is 0 Å². The molecule has 0 aliphatic carbocycles. The number of rotatable bonds is 6. The van der Waals surface area contributed by atoms with Crippen molar-refractivity contribution in [3.63, 3.8) is 0 Å². The molecule has 0 fully saturated rings. The molecule has 0 aliphatic rings. The average molecular weight is 372 g/mol. The Morgan fingerprint density at radius 1 is 1.20 bits per heavy atom. The zero-order valence-electron chi connectivity index (χ0n) is 14.3. The Morgan fingerprint density at radius 2 is 1.92 bits per heavy atom. The van der Waals surface area contributed by atoms with E-state index in [-0.39, 0.29) is 12.5 Å². The third kappa shape index (κ3) is 4.06. The highest BCUT2D eigenvalue weighted by Crippen LogP contribution is 2.33. The van der Waals surface area contributed by atoms with E-state index in [9.17, 15) is 9.90 Å². The van der Waals surface area contributed by atoms with Crippen molar-refractivity contribution in [2.75, 3.05) is 12.3 Å². The molecule has 1 aromatic heterocycles. The highest BCUT2D eigenvalue weighted by molar-refractivity contribution is 7.99. The standard InChI is InChI=1S/C20H21NO2S2/c1-3-24-17-11-7-5-9-15(17)19(22)21-13-20(2,23)18-12-14-8-4-6-10-16(14)25-18/h4-12,23H,3,13H2,1-2H3,(H,21,22)/t20-/m1/s1. The first-order valence-corrected chi connectivity index (χ1v) is 10.0. The van der Waals surface area contributed by atoms with Crippen LogP contribution in [0.4, 0.5) is 0 Å². The predicted octanol–water partition coefficient (Wildman–Crippen LogP) is 4.65. The number of nitrogens with one attached hydrogen (secondary N) is 1. The molecule has 1 atom stereocenters. The molecule has 3 rings (SSSR count). The molecule has 130 valence electrons. The monoisotopic (exact) mass is 371 g/mol. The van der Waals surface area contributed by atoms with Gasteiger partial charge in [0.1, 0.15) is 5.60 Å². The van der Waals surface area contributed by atoms with Gasteiger partial charge in [0.2, 0.25) is 0 Å². The summed E-state index contributed by atoms with van der Waals surface area (Å²) < 4.78 is 1.13. The molecule has 2 N–H and O–H groups in total. The number of benzene rings is 2. The summed E-state index contributed by atoms with van der Waals surface area (Å²) in [7, 11) is 0. The minimum atomic E-state index is -1.10. The molecule has 0 saturated heterocycles. The molecule has 3 nitrogen and oxygen atoms in total. The molecular weight excluding hydrogens is 350 g/mol. The number of hydrogen-bond acceptors (Lipinski definition) is 4. The maximum Gasteiger partial charge on any atom is 0.252 e. The number of thioether (sulfide) groups is 1. The molecule has 0 radical (unpaired) electrons. The SMILES string of the molecule is CCSc1ccccc1C(=O)NC[C@@](C)(O)c1cc2ccccc2s1. The zero-order chi connectivity index (χ0) is 17.9. The maximum atomic E-state index is 12.6. The normalized spacial score (nSPS) is 13.6. The molecular formula is C20H21NO2S2. The number of thiophene rings is 1. The van der Waals surface area contributed by atoms with Gasteiger partial charge in [-0.25, -0.2) is 0 Å². The summed E-state index contributed by atoms with van der Waals surface area (Å²) in [6.07, 6.45) is 0. The summed E-state index contributed by atoms with van der Waals surface area (Å²) >= 11 is 3.20. The summed E-state index contributed by atoms with van der Waals surface area (Å²) in [4.78, 5) is 14.4. The van der Waals surface area contributed by atoms with Gasteiger partial charge in [0, 0.05) is 14.5 Å². The Hall–Kier alpha value is -1.82.